The first-order chi connectivity index (χ1) is 9.72. The summed E-state index contributed by atoms with van der Waals surface area (Å²) in [5.41, 5.74) is 1.28. The molecule has 20 heavy (non-hydrogen) atoms. The van der Waals surface area contributed by atoms with Gasteiger partial charge in [-0.05, 0) is 45.5 Å². The normalized spacial score (nSPS) is 18.7. The number of nitrogens with one attached hydrogen (secondary N) is 2. The first-order valence-corrected chi connectivity index (χ1v) is 7.46. The van der Waals surface area contributed by atoms with Crippen molar-refractivity contribution in [3.63, 3.8) is 0 Å². The predicted molar refractivity (Wildman–Crippen MR) is 81.5 cm³/mol. The Morgan fingerprint density at radius 1 is 1.25 bits per heavy atom. The van der Waals surface area contributed by atoms with Crippen LogP contribution >= 0.6 is 0 Å². The molecule has 0 aliphatic carbocycles. The summed E-state index contributed by atoms with van der Waals surface area (Å²) in [5.74, 6) is 0.0626. The molecule has 0 spiro atoms. The van der Waals surface area contributed by atoms with E-state index in [0.29, 0.717) is 6.54 Å². The van der Waals surface area contributed by atoms with Gasteiger partial charge in [0.1, 0.15) is 0 Å². The molecule has 0 aromatic heterocycles. The van der Waals surface area contributed by atoms with Gasteiger partial charge in [0.15, 0.2) is 0 Å². The van der Waals surface area contributed by atoms with Gasteiger partial charge >= 0.3 is 0 Å². The maximum atomic E-state index is 11.9. The fraction of sp³-hybridized carbons (Fsp3) is 0.562. The van der Waals surface area contributed by atoms with E-state index in [1.165, 1.54) is 18.4 Å². The number of carbonyl (C=O) groups excluding carboxylic acids is 1. The third-order valence-electron chi connectivity index (χ3n) is 4.06. The fourth-order valence-corrected chi connectivity index (χ4v) is 2.67. The van der Waals surface area contributed by atoms with Gasteiger partial charge in [-0.15, -0.1) is 0 Å². The van der Waals surface area contributed by atoms with E-state index < -0.39 is 0 Å². The second-order valence-electron chi connectivity index (χ2n) is 5.43. The maximum Gasteiger partial charge on any atom is 0.236 e. The van der Waals surface area contributed by atoms with Gasteiger partial charge in [-0.25, -0.2) is 0 Å². The molecular weight excluding hydrogens is 250 g/mol. The van der Waals surface area contributed by atoms with Crippen molar-refractivity contribution in [2.45, 2.75) is 31.8 Å². The number of amides is 1. The van der Waals surface area contributed by atoms with Crippen LogP contribution in [0, 0.1) is 0 Å². The van der Waals surface area contributed by atoms with Crippen molar-refractivity contribution in [3.05, 3.63) is 35.9 Å². The summed E-state index contributed by atoms with van der Waals surface area (Å²) in [7, 11) is 1.80. The van der Waals surface area contributed by atoms with E-state index in [9.17, 15) is 4.79 Å². The van der Waals surface area contributed by atoms with Crippen LogP contribution in [0.4, 0.5) is 0 Å². The van der Waals surface area contributed by atoms with E-state index in [1.807, 2.05) is 13.0 Å². The van der Waals surface area contributed by atoms with Gasteiger partial charge < -0.3 is 10.6 Å². The standard InChI is InChI=1S/C16H25N3O/c1-13(17-2)16(20)18-12-15(19-10-6-7-11-19)14-8-4-3-5-9-14/h3-5,8-9,13,15,17H,6-7,10-12H2,1-2H3,(H,18,20). The zero-order valence-corrected chi connectivity index (χ0v) is 12.4. The molecular formula is C16H25N3O. The second-order valence-corrected chi connectivity index (χ2v) is 5.43. The number of benzene rings is 1. The summed E-state index contributed by atoms with van der Waals surface area (Å²) in [5, 5.41) is 6.04. The molecule has 0 bridgehead atoms. The fourth-order valence-electron chi connectivity index (χ4n) is 2.67. The van der Waals surface area contributed by atoms with Crippen molar-refractivity contribution in [2.75, 3.05) is 26.7 Å². The van der Waals surface area contributed by atoms with Gasteiger partial charge in [0, 0.05) is 6.54 Å². The molecule has 2 N–H and O–H groups in total. The molecule has 1 amide bonds. The second kappa shape index (κ2) is 7.41. The highest BCUT2D eigenvalue weighted by molar-refractivity contribution is 5.81. The predicted octanol–water partition coefficient (Wildman–Crippen LogP) is 1.55. The van der Waals surface area contributed by atoms with Crippen LogP contribution in [-0.2, 0) is 4.79 Å². The first kappa shape index (κ1) is 15.0. The van der Waals surface area contributed by atoms with Crippen LogP contribution in [0.1, 0.15) is 31.4 Å². The largest absolute Gasteiger partial charge is 0.353 e. The Labute approximate surface area is 121 Å². The molecule has 2 atom stereocenters. The van der Waals surface area contributed by atoms with E-state index in [0.717, 1.165) is 13.1 Å². The van der Waals surface area contributed by atoms with Crippen LogP contribution in [0.2, 0.25) is 0 Å². The number of likely N-dealkylation sites (tertiary alicyclic amines) is 1. The van der Waals surface area contributed by atoms with Gasteiger partial charge in [-0.2, -0.15) is 0 Å². The van der Waals surface area contributed by atoms with Gasteiger partial charge in [-0.1, -0.05) is 30.3 Å². The van der Waals surface area contributed by atoms with E-state index >= 15 is 0 Å². The van der Waals surface area contributed by atoms with Crippen LogP contribution in [-0.4, -0.2) is 43.5 Å². The van der Waals surface area contributed by atoms with Crippen LogP contribution in [0.25, 0.3) is 0 Å². The maximum absolute atomic E-state index is 11.9. The zero-order chi connectivity index (χ0) is 14.4. The SMILES string of the molecule is CNC(C)C(=O)NCC(c1ccccc1)N1CCCC1. The molecule has 1 aliphatic rings. The number of hydrogen-bond acceptors (Lipinski definition) is 3. The number of carbonyl (C=O) groups is 1. The lowest BCUT2D eigenvalue weighted by molar-refractivity contribution is -0.122. The number of hydrogen-bond donors (Lipinski definition) is 2. The van der Waals surface area contributed by atoms with Gasteiger partial charge in [0.05, 0.1) is 12.1 Å². The summed E-state index contributed by atoms with van der Waals surface area (Å²) in [4.78, 5) is 14.4. The van der Waals surface area contributed by atoms with Crippen molar-refractivity contribution in [2.24, 2.45) is 0 Å². The minimum Gasteiger partial charge on any atom is -0.353 e. The number of likely N-dealkylation sites (N-methyl/N-ethyl adjacent to an activating group) is 1. The monoisotopic (exact) mass is 275 g/mol. The topological polar surface area (TPSA) is 44.4 Å². The van der Waals surface area contributed by atoms with Crippen LogP contribution < -0.4 is 10.6 Å². The minimum atomic E-state index is -0.148. The highest BCUT2D eigenvalue weighted by Crippen LogP contribution is 2.24. The van der Waals surface area contributed by atoms with Crippen LogP contribution in [0.15, 0.2) is 30.3 Å². The summed E-state index contributed by atoms with van der Waals surface area (Å²) < 4.78 is 0. The molecule has 2 unspecified atom stereocenters. The van der Waals surface area contributed by atoms with E-state index in [-0.39, 0.29) is 18.0 Å². The lowest BCUT2D eigenvalue weighted by Gasteiger charge is -2.28. The molecule has 1 aliphatic heterocycles. The van der Waals surface area contributed by atoms with Gasteiger partial charge in [-0.3, -0.25) is 9.69 Å². The minimum absolute atomic E-state index is 0.0626. The molecule has 4 nitrogen and oxygen atoms in total. The molecule has 1 aromatic carbocycles. The Balaban J connectivity index is 2.02. The summed E-state index contributed by atoms with van der Waals surface area (Å²) >= 11 is 0. The molecule has 1 heterocycles. The number of rotatable bonds is 6. The van der Waals surface area contributed by atoms with Crippen molar-refractivity contribution in [1.29, 1.82) is 0 Å². The molecule has 110 valence electrons. The van der Waals surface area contributed by atoms with Gasteiger partial charge in [0.2, 0.25) is 5.91 Å². The van der Waals surface area contributed by atoms with Crippen LogP contribution in [0.3, 0.4) is 0 Å². The molecule has 1 fully saturated rings. The van der Waals surface area contributed by atoms with Crippen molar-refractivity contribution in [3.8, 4) is 0 Å². The number of nitrogens with zero attached hydrogens (tertiary/aromatic N) is 1. The lowest BCUT2D eigenvalue weighted by Crippen LogP contribution is -2.44. The van der Waals surface area contributed by atoms with Crippen LogP contribution in [0.5, 0.6) is 0 Å². The third-order valence-corrected chi connectivity index (χ3v) is 4.06. The highest BCUT2D eigenvalue weighted by Gasteiger charge is 2.24. The Morgan fingerprint density at radius 2 is 1.90 bits per heavy atom. The molecule has 0 saturated carbocycles. The Kier molecular flexibility index (Phi) is 5.56. The first-order valence-electron chi connectivity index (χ1n) is 7.46. The summed E-state index contributed by atoms with van der Waals surface area (Å²) in [6, 6.07) is 10.6. The van der Waals surface area contributed by atoms with Crippen molar-refractivity contribution in [1.82, 2.24) is 15.5 Å². The Morgan fingerprint density at radius 3 is 2.50 bits per heavy atom. The van der Waals surface area contributed by atoms with Gasteiger partial charge in [0.25, 0.3) is 0 Å². The van der Waals surface area contributed by atoms with Crippen molar-refractivity contribution < 1.29 is 4.79 Å². The third kappa shape index (κ3) is 3.81. The Bertz CT molecular complexity index is 415. The molecule has 2 rings (SSSR count). The van der Waals surface area contributed by atoms with E-state index in [1.54, 1.807) is 7.05 Å². The molecule has 1 saturated heterocycles. The lowest BCUT2D eigenvalue weighted by atomic mass is 10.1. The Hall–Kier alpha value is -1.39. The highest BCUT2D eigenvalue weighted by atomic mass is 16.2. The quantitative estimate of drug-likeness (QED) is 0.828. The summed E-state index contributed by atoms with van der Waals surface area (Å²) in [6.07, 6.45) is 2.51. The average molecular weight is 275 g/mol. The smallest absolute Gasteiger partial charge is 0.236 e. The molecule has 4 heteroatoms. The molecule has 0 radical (unpaired) electrons. The average Bonchev–Trinajstić information content (AvgIpc) is 3.01. The zero-order valence-electron chi connectivity index (χ0n) is 12.4. The van der Waals surface area contributed by atoms with E-state index in [2.05, 4.69) is 39.8 Å². The van der Waals surface area contributed by atoms with E-state index in [4.69, 9.17) is 0 Å². The molecule has 1 aromatic rings. The summed E-state index contributed by atoms with van der Waals surface area (Å²) in [6.45, 7) is 4.80. The van der Waals surface area contributed by atoms with Crippen molar-refractivity contribution >= 4 is 5.91 Å².